The van der Waals surface area contributed by atoms with Crippen LogP contribution in [-0.2, 0) is 4.74 Å². The first-order chi connectivity index (χ1) is 10.3. The zero-order chi connectivity index (χ0) is 14.3. The van der Waals surface area contributed by atoms with E-state index >= 15 is 0 Å². The highest BCUT2D eigenvalue weighted by Gasteiger charge is 2.50. The number of ether oxygens (including phenoxy) is 1. The predicted octanol–water partition coefficient (Wildman–Crippen LogP) is 1.27. The Morgan fingerprint density at radius 2 is 2.24 bits per heavy atom. The first-order valence-electron chi connectivity index (χ1n) is 7.15. The highest BCUT2D eigenvalue weighted by atomic mass is 16.5. The lowest BCUT2D eigenvalue weighted by Gasteiger charge is -2.49. The summed E-state index contributed by atoms with van der Waals surface area (Å²) >= 11 is 0. The number of carbonyl (C=O) groups excluding carboxylic acids is 1. The van der Waals surface area contributed by atoms with Crippen molar-refractivity contribution in [1.82, 2.24) is 19.7 Å². The highest BCUT2D eigenvalue weighted by Crippen LogP contribution is 2.38. The van der Waals surface area contributed by atoms with Crippen molar-refractivity contribution < 1.29 is 9.53 Å². The number of likely N-dealkylation sites (tertiary alicyclic amines) is 1. The van der Waals surface area contributed by atoms with Gasteiger partial charge in [0, 0.05) is 25.5 Å². The molecule has 1 unspecified atom stereocenters. The number of nitrogens with zero attached hydrogens (tertiary/aromatic N) is 4. The van der Waals surface area contributed by atoms with E-state index < -0.39 is 0 Å². The first-order valence-corrected chi connectivity index (χ1v) is 7.15. The average Bonchev–Trinajstić information content (AvgIpc) is 3.18. The Morgan fingerprint density at radius 3 is 2.90 bits per heavy atom. The van der Waals surface area contributed by atoms with Gasteiger partial charge in [-0.25, -0.2) is 9.67 Å². The molecule has 6 nitrogen and oxygen atoms in total. The van der Waals surface area contributed by atoms with Crippen molar-refractivity contribution >= 4 is 5.91 Å². The lowest BCUT2D eigenvalue weighted by atomic mass is 9.83. The van der Waals surface area contributed by atoms with Gasteiger partial charge >= 0.3 is 0 Å². The third-order valence-electron chi connectivity index (χ3n) is 4.39. The molecular weight excluding hydrogens is 268 g/mol. The van der Waals surface area contributed by atoms with Gasteiger partial charge in [-0.05, 0) is 31.0 Å². The fourth-order valence-electron chi connectivity index (χ4n) is 3.08. The Hall–Kier alpha value is -2.21. The molecule has 0 aliphatic carbocycles. The fourth-order valence-corrected chi connectivity index (χ4v) is 3.08. The summed E-state index contributed by atoms with van der Waals surface area (Å²) in [6.45, 7) is 2.18. The second-order valence-corrected chi connectivity index (χ2v) is 5.57. The topological polar surface area (TPSA) is 60.2 Å². The van der Waals surface area contributed by atoms with E-state index in [0.717, 1.165) is 26.0 Å². The molecule has 2 saturated heterocycles. The summed E-state index contributed by atoms with van der Waals surface area (Å²) in [5.41, 5.74) is 0.384. The van der Waals surface area contributed by atoms with Gasteiger partial charge in [-0.1, -0.05) is 6.07 Å². The minimum atomic E-state index is -0.0829. The molecule has 6 heteroatoms. The maximum atomic E-state index is 12.7. The van der Waals surface area contributed by atoms with Gasteiger partial charge in [0.25, 0.3) is 5.91 Å². The van der Waals surface area contributed by atoms with E-state index in [1.807, 2.05) is 29.3 Å². The maximum absolute atomic E-state index is 12.7. The molecule has 4 heterocycles. The third kappa shape index (κ3) is 1.94. The second kappa shape index (κ2) is 4.66. The Bertz CT molecular complexity index is 662. The molecule has 1 spiro atoms. The zero-order valence-electron chi connectivity index (χ0n) is 11.6. The normalized spacial score (nSPS) is 24.3. The van der Waals surface area contributed by atoms with E-state index in [4.69, 9.17) is 4.74 Å². The van der Waals surface area contributed by atoms with Crippen LogP contribution in [0.5, 0.6) is 0 Å². The third-order valence-corrected chi connectivity index (χ3v) is 4.39. The monoisotopic (exact) mass is 284 g/mol. The van der Waals surface area contributed by atoms with Gasteiger partial charge in [0.1, 0.15) is 5.69 Å². The molecule has 2 aliphatic heterocycles. The molecule has 2 aromatic heterocycles. The molecule has 0 N–H and O–H groups in total. The van der Waals surface area contributed by atoms with Crippen molar-refractivity contribution in [3.63, 3.8) is 0 Å². The Morgan fingerprint density at radius 1 is 1.29 bits per heavy atom. The summed E-state index contributed by atoms with van der Waals surface area (Å²) < 4.78 is 7.13. The number of amides is 1. The lowest BCUT2D eigenvalue weighted by Crippen LogP contribution is -2.62. The number of rotatable bonds is 2. The summed E-state index contributed by atoms with van der Waals surface area (Å²) in [5, 5.41) is 4.15. The van der Waals surface area contributed by atoms with Gasteiger partial charge < -0.3 is 9.64 Å². The van der Waals surface area contributed by atoms with Crippen LogP contribution >= 0.6 is 0 Å². The van der Waals surface area contributed by atoms with Crippen LogP contribution in [0.15, 0.2) is 36.7 Å². The van der Waals surface area contributed by atoms with Crippen molar-refractivity contribution in [2.45, 2.75) is 18.4 Å². The number of pyridine rings is 1. The van der Waals surface area contributed by atoms with Gasteiger partial charge in [-0.3, -0.25) is 4.79 Å². The van der Waals surface area contributed by atoms with Crippen molar-refractivity contribution in [3.8, 4) is 5.82 Å². The van der Waals surface area contributed by atoms with Gasteiger partial charge in [0.05, 0.1) is 12.1 Å². The molecular formula is C15H16N4O2. The van der Waals surface area contributed by atoms with Crippen LogP contribution in [0.4, 0.5) is 0 Å². The van der Waals surface area contributed by atoms with Crippen LogP contribution in [0.3, 0.4) is 0 Å². The van der Waals surface area contributed by atoms with Crippen LogP contribution in [-0.4, -0.2) is 50.9 Å². The highest BCUT2D eigenvalue weighted by molar-refractivity contribution is 5.93. The first kappa shape index (κ1) is 12.5. The summed E-state index contributed by atoms with van der Waals surface area (Å²) in [5.74, 6) is 0.642. The van der Waals surface area contributed by atoms with Crippen molar-refractivity contribution in [2.24, 2.45) is 0 Å². The summed E-state index contributed by atoms with van der Waals surface area (Å²) in [6, 6.07) is 7.27. The van der Waals surface area contributed by atoms with Crippen LogP contribution in [0.2, 0.25) is 0 Å². The molecule has 0 saturated carbocycles. The van der Waals surface area contributed by atoms with Gasteiger partial charge in [-0.2, -0.15) is 5.10 Å². The SMILES string of the molecule is O=C(c1cccc(-n2cccn2)n1)N1CCC12CCOC2. The lowest BCUT2D eigenvalue weighted by molar-refractivity contribution is -0.00839. The number of hydrogen-bond donors (Lipinski definition) is 0. The van der Waals surface area contributed by atoms with Crippen LogP contribution in [0.1, 0.15) is 23.3 Å². The largest absolute Gasteiger partial charge is 0.379 e. The number of carbonyl (C=O) groups is 1. The molecule has 2 aromatic rings. The molecule has 2 aliphatic rings. The minimum Gasteiger partial charge on any atom is -0.379 e. The fraction of sp³-hybridized carbons (Fsp3) is 0.400. The predicted molar refractivity (Wildman–Crippen MR) is 75.2 cm³/mol. The summed E-state index contributed by atoms with van der Waals surface area (Å²) in [6.07, 6.45) is 5.46. The summed E-state index contributed by atoms with van der Waals surface area (Å²) in [7, 11) is 0. The average molecular weight is 284 g/mol. The van der Waals surface area contributed by atoms with E-state index in [1.165, 1.54) is 0 Å². The Kier molecular flexibility index (Phi) is 2.78. The molecule has 2 fully saturated rings. The van der Waals surface area contributed by atoms with E-state index in [-0.39, 0.29) is 11.4 Å². The van der Waals surface area contributed by atoms with E-state index in [0.29, 0.717) is 18.1 Å². The smallest absolute Gasteiger partial charge is 0.273 e. The second-order valence-electron chi connectivity index (χ2n) is 5.57. The molecule has 4 rings (SSSR count). The van der Waals surface area contributed by atoms with Crippen molar-refractivity contribution in [1.29, 1.82) is 0 Å². The Balaban J connectivity index is 1.62. The molecule has 0 aromatic carbocycles. The van der Waals surface area contributed by atoms with E-state index in [1.54, 1.807) is 16.9 Å². The van der Waals surface area contributed by atoms with Crippen molar-refractivity contribution in [3.05, 3.63) is 42.4 Å². The number of hydrogen-bond acceptors (Lipinski definition) is 4. The maximum Gasteiger partial charge on any atom is 0.273 e. The van der Waals surface area contributed by atoms with E-state index in [9.17, 15) is 4.79 Å². The Labute approximate surface area is 122 Å². The van der Waals surface area contributed by atoms with Crippen LogP contribution in [0.25, 0.3) is 5.82 Å². The standard InChI is InChI=1S/C15H16N4O2/c20-14(18-9-5-15(18)6-10-21-11-15)12-3-1-4-13(17-12)19-8-2-7-16-19/h1-4,7-8H,5-6,9-11H2. The van der Waals surface area contributed by atoms with E-state index in [2.05, 4.69) is 10.1 Å². The number of aromatic nitrogens is 3. The molecule has 108 valence electrons. The van der Waals surface area contributed by atoms with Crippen molar-refractivity contribution in [2.75, 3.05) is 19.8 Å². The van der Waals surface area contributed by atoms with Gasteiger partial charge in [-0.15, -0.1) is 0 Å². The van der Waals surface area contributed by atoms with Crippen LogP contribution in [0, 0.1) is 0 Å². The van der Waals surface area contributed by atoms with Gasteiger partial charge in [0.2, 0.25) is 0 Å². The molecule has 21 heavy (non-hydrogen) atoms. The van der Waals surface area contributed by atoms with Crippen LogP contribution < -0.4 is 0 Å². The zero-order valence-corrected chi connectivity index (χ0v) is 11.6. The molecule has 1 atom stereocenters. The quantitative estimate of drug-likeness (QED) is 0.833. The van der Waals surface area contributed by atoms with Gasteiger partial charge in [0.15, 0.2) is 5.82 Å². The molecule has 0 bridgehead atoms. The summed E-state index contributed by atoms with van der Waals surface area (Å²) in [4.78, 5) is 19.0. The molecule has 1 amide bonds. The minimum absolute atomic E-state index is 0.0132. The molecule has 0 radical (unpaired) electrons.